The van der Waals surface area contributed by atoms with E-state index in [0.717, 1.165) is 12.8 Å². The van der Waals surface area contributed by atoms with Crippen LogP contribution in [0.2, 0.25) is 0 Å². The second kappa shape index (κ2) is 7.44. The number of aromatic nitrogens is 2. The summed E-state index contributed by atoms with van der Waals surface area (Å²) in [6.07, 6.45) is 3.90. The Balaban J connectivity index is 2.18. The first kappa shape index (κ1) is 14.2. The number of rotatable bonds is 7. The van der Waals surface area contributed by atoms with Gasteiger partial charge in [-0.15, -0.1) is 0 Å². The third-order valence-electron chi connectivity index (χ3n) is 2.38. The molecule has 1 atom stereocenters. The first-order valence-corrected chi connectivity index (χ1v) is 5.92. The summed E-state index contributed by atoms with van der Waals surface area (Å²) in [4.78, 5) is 15.7. The lowest BCUT2D eigenvalue weighted by Crippen LogP contribution is -2.35. The summed E-state index contributed by atoms with van der Waals surface area (Å²) in [7, 11) is 0. The van der Waals surface area contributed by atoms with Crippen molar-refractivity contribution >= 4 is 17.6 Å². The predicted molar refractivity (Wildman–Crippen MR) is 71.2 cm³/mol. The minimum absolute atomic E-state index is 0.210. The van der Waals surface area contributed by atoms with Crippen molar-refractivity contribution in [3.8, 4) is 0 Å². The molecule has 0 aliphatic heterocycles. The van der Waals surface area contributed by atoms with Gasteiger partial charge in [-0.3, -0.25) is 14.9 Å². The van der Waals surface area contributed by atoms with Crippen molar-refractivity contribution in [3.63, 3.8) is 0 Å². The second-order valence-corrected chi connectivity index (χ2v) is 4.08. The van der Waals surface area contributed by atoms with E-state index in [9.17, 15) is 4.79 Å². The maximum atomic E-state index is 11.7. The van der Waals surface area contributed by atoms with E-state index < -0.39 is 6.04 Å². The number of carbonyl (C=O) groups is 1. The van der Waals surface area contributed by atoms with Crippen molar-refractivity contribution in [2.75, 3.05) is 11.9 Å². The minimum atomic E-state index is -0.517. The van der Waals surface area contributed by atoms with Crippen molar-refractivity contribution in [2.45, 2.75) is 32.2 Å². The van der Waals surface area contributed by atoms with Crippen molar-refractivity contribution in [3.05, 3.63) is 12.3 Å². The molecule has 1 rings (SSSR count). The molecule has 0 bridgehead atoms. The van der Waals surface area contributed by atoms with Crippen LogP contribution in [-0.2, 0) is 4.79 Å². The molecule has 6 N–H and O–H groups in total. The molecule has 0 fully saturated rings. The van der Waals surface area contributed by atoms with E-state index in [1.54, 1.807) is 19.2 Å². The summed E-state index contributed by atoms with van der Waals surface area (Å²) in [6, 6.07) is 1.15. The summed E-state index contributed by atoms with van der Waals surface area (Å²) in [5, 5.41) is 9.02. The number of nitrogens with one attached hydrogen (secondary N) is 2. The molecular weight excluding hydrogens is 232 g/mol. The maximum absolute atomic E-state index is 11.7. The predicted octanol–water partition coefficient (Wildman–Crippen LogP) is 0.223. The molecule has 7 heteroatoms. The number of nitrogens with zero attached hydrogens (tertiary/aromatic N) is 2. The summed E-state index contributed by atoms with van der Waals surface area (Å²) in [6.45, 7) is 2.43. The number of H-pyrrole nitrogens is 1. The molecule has 0 aliphatic carbocycles. The van der Waals surface area contributed by atoms with Crippen LogP contribution in [0.15, 0.2) is 17.3 Å². The van der Waals surface area contributed by atoms with E-state index in [0.29, 0.717) is 24.6 Å². The van der Waals surface area contributed by atoms with Crippen molar-refractivity contribution in [2.24, 2.45) is 16.5 Å². The Bertz CT molecular complexity index is 382. The fraction of sp³-hybridized carbons (Fsp3) is 0.545. The summed E-state index contributed by atoms with van der Waals surface area (Å²) in [5.41, 5.74) is 11.2. The van der Waals surface area contributed by atoms with Crippen LogP contribution < -0.4 is 16.8 Å². The number of aliphatic imine (C=N–C) groups is 1. The number of amides is 1. The third-order valence-corrected chi connectivity index (χ3v) is 2.38. The number of carbonyl (C=O) groups excluding carboxylic acids is 1. The highest BCUT2D eigenvalue weighted by molar-refractivity contribution is 5.93. The maximum Gasteiger partial charge on any atom is 0.242 e. The molecule has 1 aromatic heterocycles. The Morgan fingerprint density at radius 1 is 1.61 bits per heavy atom. The zero-order chi connectivity index (χ0) is 13.4. The molecule has 0 saturated heterocycles. The average Bonchev–Trinajstić information content (AvgIpc) is 2.80. The first-order chi connectivity index (χ1) is 8.59. The van der Waals surface area contributed by atoms with E-state index in [2.05, 4.69) is 20.5 Å². The van der Waals surface area contributed by atoms with E-state index in [-0.39, 0.29) is 5.91 Å². The van der Waals surface area contributed by atoms with Crippen LogP contribution in [0.25, 0.3) is 0 Å². The van der Waals surface area contributed by atoms with Gasteiger partial charge < -0.3 is 16.8 Å². The highest BCUT2D eigenvalue weighted by atomic mass is 16.2. The number of nitrogens with two attached hydrogens (primary N) is 2. The van der Waals surface area contributed by atoms with E-state index >= 15 is 0 Å². The SMILES string of the molecule is CC(N)=NCCCC[C@H](N)C(=O)Nc1ccn[nH]1. The van der Waals surface area contributed by atoms with Gasteiger partial charge >= 0.3 is 0 Å². The quantitative estimate of drug-likeness (QED) is 0.315. The van der Waals surface area contributed by atoms with Gasteiger partial charge in [-0.25, -0.2) is 0 Å². The minimum Gasteiger partial charge on any atom is -0.388 e. The lowest BCUT2D eigenvalue weighted by Gasteiger charge is -2.10. The molecule has 18 heavy (non-hydrogen) atoms. The van der Waals surface area contributed by atoms with Crippen LogP contribution >= 0.6 is 0 Å². The lowest BCUT2D eigenvalue weighted by atomic mass is 10.1. The number of unbranched alkanes of at least 4 members (excludes halogenated alkanes) is 1. The second-order valence-electron chi connectivity index (χ2n) is 4.08. The third kappa shape index (κ3) is 5.44. The van der Waals surface area contributed by atoms with Crippen LogP contribution in [0.3, 0.4) is 0 Å². The number of aromatic amines is 1. The molecule has 0 radical (unpaired) electrons. The molecule has 0 spiro atoms. The fourth-order valence-corrected chi connectivity index (χ4v) is 1.41. The van der Waals surface area contributed by atoms with Crippen molar-refractivity contribution in [1.82, 2.24) is 10.2 Å². The highest BCUT2D eigenvalue weighted by Crippen LogP contribution is 2.04. The van der Waals surface area contributed by atoms with Crippen molar-refractivity contribution in [1.29, 1.82) is 0 Å². The Morgan fingerprint density at radius 3 is 3.00 bits per heavy atom. The van der Waals surface area contributed by atoms with Crippen LogP contribution in [0, 0.1) is 0 Å². The van der Waals surface area contributed by atoms with Crippen LogP contribution in [0.4, 0.5) is 5.82 Å². The Hall–Kier alpha value is -1.89. The monoisotopic (exact) mass is 252 g/mol. The van der Waals surface area contributed by atoms with Crippen LogP contribution in [-0.4, -0.2) is 34.5 Å². The van der Waals surface area contributed by atoms with E-state index in [1.165, 1.54) is 0 Å². The number of hydrogen-bond acceptors (Lipinski definition) is 4. The molecular formula is C11H20N6O. The molecule has 7 nitrogen and oxygen atoms in total. The number of anilines is 1. The van der Waals surface area contributed by atoms with Crippen LogP contribution in [0.1, 0.15) is 26.2 Å². The molecule has 0 aromatic carbocycles. The van der Waals surface area contributed by atoms with Gasteiger partial charge in [0.1, 0.15) is 5.82 Å². The van der Waals surface area contributed by atoms with Gasteiger partial charge in [0.25, 0.3) is 0 Å². The largest absolute Gasteiger partial charge is 0.388 e. The van der Waals surface area contributed by atoms with Gasteiger partial charge in [-0.2, -0.15) is 5.10 Å². The summed E-state index contributed by atoms with van der Waals surface area (Å²) < 4.78 is 0. The fourth-order valence-electron chi connectivity index (χ4n) is 1.41. The lowest BCUT2D eigenvalue weighted by molar-refractivity contribution is -0.117. The van der Waals surface area contributed by atoms with Gasteiger partial charge in [-0.05, 0) is 26.2 Å². The number of hydrogen-bond donors (Lipinski definition) is 4. The van der Waals surface area contributed by atoms with Gasteiger partial charge in [-0.1, -0.05) is 0 Å². The zero-order valence-corrected chi connectivity index (χ0v) is 10.5. The summed E-state index contributed by atoms with van der Waals surface area (Å²) >= 11 is 0. The Morgan fingerprint density at radius 2 is 2.39 bits per heavy atom. The topological polar surface area (TPSA) is 122 Å². The normalized spacial score (nSPS) is 13.3. The molecule has 1 amide bonds. The number of amidine groups is 1. The molecule has 1 aromatic rings. The van der Waals surface area contributed by atoms with Gasteiger partial charge in [0.05, 0.1) is 18.1 Å². The Labute approximate surface area is 106 Å². The standard InChI is InChI=1S/C11H20N6O/c1-8(12)14-6-3-2-4-9(13)11(18)16-10-5-7-15-17-10/h5,7,9H,2-4,6,13H2,1H3,(H2,12,14)(H2,15,16,17,18)/t9-/m0/s1. The van der Waals surface area contributed by atoms with Crippen molar-refractivity contribution < 1.29 is 4.79 Å². The molecule has 100 valence electrons. The smallest absolute Gasteiger partial charge is 0.242 e. The highest BCUT2D eigenvalue weighted by Gasteiger charge is 2.13. The van der Waals surface area contributed by atoms with Gasteiger partial charge in [0, 0.05) is 12.6 Å². The van der Waals surface area contributed by atoms with E-state index in [4.69, 9.17) is 11.5 Å². The molecule has 1 heterocycles. The summed E-state index contributed by atoms with van der Waals surface area (Å²) in [5.74, 6) is 0.924. The average molecular weight is 252 g/mol. The zero-order valence-electron chi connectivity index (χ0n) is 10.5. The molecule has 0 saturated carbocycles. The Kier molecular flexibility index (Phi) is 5.86. The van der Waals surface area contributed by atoms with E-state index in [1.807, 2.05) is 0 Å². The van der Waals surface area contributed by atoms with Gasteiger partial charge in [0.15, 0.2) is 0 Å². The van der Waals surface area contributed by atoms with Gasteiger partial charge in [0.2, 0.25) is 5.91 Å². The molecule has 0 unspecified atom stereocenters. The van der Waals surface area contributed by atoms with Crippen LogP contribution in [0.5, 0.6) is 0 Å². The molecule has 0 aliphatic rings. The first-order valence-electron chi connectivity index (χ1n) is 5.92.